The molecule has 0 atom stereocenters. The lowest BCUT2D eigenvalue weighted by Crippen LogP contribution is -2.44. The molecule has 0 amide bonds. The highest BCUT2D eigenvalue weighted by Gasteiger charge is 2.43. The minimum atomic E-state index is -0.112. The summed E-state index contributed by atoms with van der Waals surface area (Å²) in [6, 6.07) is 8.70. The molecule has 1 aromatic carbocycles. The summed E-state index contributed by atoms with van der Waals surface area (Å²) in [5, 5.41) is 0. The van der Waals surface area contributed by atoms with Crippen LogP contribution in [0.2, 0.25) is 0 Å². The van der Waals surface area contributed by atoms with Crippen LogP contribution in [0.3, 0.4) is 0 Å². The number of hydrogen-bond acceptors (Lipinski definition) is 3. The van der Waals surface area contributed by atoms with Crippen molar-refractivity contribution in [2.24, 2.45) is 15.7 Å². The van der Waals surface area contributed by atoms with Crippen molar-refractivity contribution in [3.05, 3.63) is 35.9 Å². The lowest BCUT2D eigenvalue weighted by molar-refractivity contribution is 0.349. The molecule has 19 heavy (non-hydrogen) atoms. The molecule has 0 bridgehead atoms. The van der Waals surface area contributed by atoms with Crippen LogP contribution in [-0.2, 0) is 0 Å². The number of para-hydroxylation sites is 1. The Kier molecular flexibility index (Phi) is 2.27. The second-order valence-corrected chi connectivity index (χ2v) is 5.71. The van der Waals surface area contributed by atoms with Crippen LogP contribution in [0.4, 0.5) is 5.69 Å². The van der Waals surface area contributed by atoms with Crippen molar-refractivity contribution in [2.75, 3.05) is 0 Å². The Balaban J connectivity index is 1.80. The quantitative estimate of drug-likeness (QED) is 0.757. The maximum absolute atomic E-state index is 6.04. The number of benzene rings is 1. The molecule has 0 unspecified atom stereocenters. The van der Waals surface area contributed by atoms with Gasteiger partial charge in [0.2, 0.25) is 0 Å². The fourth-order valence-corrected chi connectivity index (χ4v) is 3.43. The van der Waals surface area contributed by atoms with Gasteiger partial charge in [0.15, 0.2) is 0 Å². The van der Waals surface area contributed by atoms with E-state index in [2.05, 4.69) is 24.3 Å². The average Bonchev–Trinajstić information content (AvgIpc) is 2.83. The third kappa shape index (κ3) is 1.55. The molecule has 3 nitrogen and oxygen atoms in total. The van der Waals surface area contributed by atoms with Gasteiger partial charge in [0, 0.05) is 23.4 Å². The molecule has 0 saturated heterocycles. The molecule has 0 aromatic heterocycles. The zero-order valence-corrected chi connectivity index (χ0v) is 10.8. The molecule has 1 saturated carbocycles. The SMILES string of the molecule is NC1CCC2(CC1)N=CC=C1C2=Nc2ccccc21. The molecule has 96 valence electrons. The van der Waals surface area contributed by atoms with Crippen LogP contribution in [-0.4, -0.2) is 23.5 Å². The number of allylic oxidation sites excluding steroid dienone is 1. The number of aliphatic imine (C=N–C) groups is 2. The normalized spacial score (nSPS) is 31.7. The van der Waals surface area contributed by atoms with Gasteiger partial charge < -0.3 is 5.73 Å². The molecule has 1 aromatic rings. The maximum Gasteiger partial charge on any atom is 0.103 e. The van der Waals surface area contributed by atoms with E-state index in [1.165, 1.54) is 16.8 Å². The van der Waals surface area contributed by atoms with Crippen LogP contribution < -0.4 is 5.73 Å². The Hall–Kier alpha value is -1.74. The highest BCUT2D eigenvalue weighted by atomic mass is 15.0. The number of dihydropyridines is 1. The highest BCUT2D eigenvalue weighted by molar-refractivity contribution is 6.35. The largest absolute Gasteiger partial charge is 0.328 e. The zero-order chi connectivity index (χ0) is 12.9. The maximum atomic E-state index is 6.04. The van der Waals surface area contributed by atoms with Crippen molar-refractivity contribution in [3.8, 4) is 0 Å². The van der Waals surface area contributed by atoms with E-state index in [-0.39, 0.29) is 5.54 Å². The van der Waals surface area contributed by atoms with E-state index in [1.807, 2.05) is 12.3 Å². The molecule has 2 N–H and O–H groups in total. The third-order valence-corrected chi connectivity index (χ3v) is 4.54. The smallest absolute Gasteiger partial charge is 0.103 e. The number of nitrogens with two attached hydrogens (primary N) is 1. The first-order valence-electron chi connectivity index (χ1n) is 6.99. The summed E-state index contributed by atoms with van der Waals surface area (Å²) in [5.74, 6) is 0. The van der Waals surface area contributed by atoms with Crippen LogP contribution in [0.5, 0.6) is 0 Å². The molecule has 3 aliphatic rings. The number of nitrogens with zero attached hydrogens (tertiary/aromatic N) is 2. The first-order chi connectivity index (χ1) is 9.28. The monoisotopic (exact) mass is 251 g/mol. The van der Waals surface area contributed by atoms with E-state index < -0.39 is 0 Å². The fourth-order valence-electron chi connectivity index (χ4n) is 3.43. The Morgan fingerprint density at radius 3 is 2.79 bits per heavy atom. The van der Waals surface area contributed by atoms with Crippen molar-refractivity contribution in [2.45, 2.75) is 37.3 Å². The minimum Gasteiger partial charge on any atom is -0.328 e. The lowest BCUT2D eigenvalue weighted by Gasteiger charge is -2.38. The van der Waals surface area contributed by atoms with Crippen LogP contribution in [0.15, 0.2) is 40.3 Å². The fraction of sp³-hybridized carbons (Fsp3) is 0.375. The van der Waals surface area contributed by atoms with E-state index in [1.54, 1.807) is 0 Å². The third-order valence-electron chi connectivity index (χ3n) is 4.54. The molecule has 1 aliphatic carbocycles. The van der Waals surface area contributed by atoms with Crippen LogP contribution in [0.25, 0.3) is 5.57 Å². The van der Waals surface area contributed by atoms with Crippen LogP contribution in [0, 0.1) is 0 Å². The van der Waals surface area contributed by atoms with Gasteiger partial charge in [0.1, 0.15) is 5.54 Å². The molecule has 1 spiro atoms. The summed E-state index contributed by atoms with van der Waals surface area (Å²) in [5.41, 5.74) is 10.7. The number of hydrogen-bond donors (Lipinski definition) is 1. The molecule has 2 heterocycles. The van der Waals surface area contributed by atoms with Gasteiger partial charge in [-0.3, -0.25) is 4.99 Å². The van der Waals surface area contributed by atoms with Gasteiger partial charge in [-0.1, -0.05) is 18.2 Å². The van der Waals surface area contributed by atoms with Crippen molar-refractivity contribution < 1.29 is 0 Å². The summed E-state index contributed by atoms with van der Waals surface area (Å²) < 4.78 is 0. The van der Waals surface area contributed by atoms with Gasteiger partial charge in [-0.15, -0.1) is 0 Å². The standard InChI is InChI=1S/C16H17N3/c17-11-5-8-16(9-6-11)15-13(7-10-18-16)12-3-1-2-4-14(12)19-15/h1-4,7,10-11H,5-6,8-9,17H2. The number of rotatable bonds is 0. The summed E-state index contributed by atoms with van der Waals surface area (Å²) in [6.07, 6.45) is 8.20. The van der Waals surface area contributed by atoms with Gasteiger partial charge in [-0.05, 0) is 37.8 Å². The molecule has 0 radical (unpaired) electrons. The minimum absolute atomic E-state index is 0.112. The van der Waals surface area contributed by atoms with Crippen molar-refractivity contribution in [1.82, 2.24) is 0 Å². The van der Waals surface area contributed by atoms with Gasteiger partial charge in [0.25, 0.3) is 0 Å². The first-order valence-corrected chi connectivity index (χ1v) is 6.99. The lowest BCUT2D eigenvalue weighted by atomic mass is 9.73. The first kappa shape index (κ1) is 11.1. The Morgan fingerprint density at radius 1 is 1.16 bits per heavy atom. The van der Waals surface area contributed by atoms with E-state index in [4.69, 9.17) is 15.7 Å². The summed E-state index contributed by atoms with van der Waals surface area (Å²) in [4.78, 5) is 9.66. The van der Waals surface area contributed by atoms with Crippen molar-refractivity contribution in [3.63, 3.8) is 0 Å². The van der Waals surface area contributed by atoms with Gasteiger partial charge in [-0.2, -0.15) is 0 Å². The second-order valence-electron chi connectivity index (χ2n) is 5.71. The number of fused-ring (bicyclic) bond motifs is 4. The summed E-state index contributed by atoms with van der Waals surface area (Å²) in [6.45, 7) is 0. The molecule has 2 aliphatic heterocycles. The molecule has 3 heteroatoms. The Labute approximate surface area is 113 Å². The second kappa shape index (κ2) is 3.87. The molecule has 1 fully saturated rings. The molecular formula is C16H17N3. The predicted molar refractivity (Wildman–Crippen MR) is 79.2 cm³/mol. The zero-order valence-electron chi connectivity index (χ0n) is 10.8. The van der Waals surface area contributed by atoms with E-state index in [9.17, 15) is 0 Å². The van der Waals surface area contributed by atoms with Crippen LogP contribution in [0.1, 0.15) is 31.2 Å². The van der Waals surface area contributed by atoms with Gasteiger partial charge >= 0.3 is 0 Å². The van der Waals surface area contributed by atoms with Crippen molar-refractivity contribution in [1.29, 1.82) is 0 Å². The topological polar surface area (TPSA) is 50.7 Å². The van der Waals surface area contributed by atoms with E-state index in [0.717, 1.165) is 31.4 Å². The summed E-state index contributed by atoms with van der Waals surface area (Å²) in [7, 11) is 0. The summed E-state index contributed by atoms with van der Waals surface area (Å²) >= 11 is 0. The van der Waals surface area contributed by atoms with Crippen molar-refractivity contribution >= 4 is 23.2 Å². The molecular weight excluding hydrogens is 234 g/mol. The van der Waals surface area contributed by atoms with Crippen LogP contribution >= 0.6 is 0 Å². The molecule has 4 rings (SSSR count). The average molecular weight is 251 g/mol. The predicted octanol–water partition coefficient (Wildman–Crippen LogP) is 2.88. The van der Waals surface area contributed by atoms with E-state index >= 15 is 0 Å². The Bertz CT molecular complexity index is 617. The van der Waals surface area contributed by atoms with Gasteiger partial charge in [-0.25, -0.2) is 4.99 Å². The Morgan fingerprint density at radius 2 is 1.95 bits per heavy atom. The van der Waals surface area contributed by atoms with E-state index in [0.29, 0.717) is 6.04 Å². The highest BCUT2D eigenvalue weighted by Crippen LogP contribution is 2.45. The van der Waals surface area contributed by atoms with Gasteiger partial charge in [0.05, 0.1) is 11.4 Å².